The Hall–Kier alpha value is -4.12. The van der Waals surface area contributed by atoms with E-state index < -0.39 is 90.1 Å². The Morgan fingerprint density at radius 2 is 1.48 bits per heavy atom. The topological polar surface area (TPSA) is 235 Å². The van der Waals surface area contributed by atoms with E-state index in [-0.39, 0.29) is 0 Å². The maximum Gasteiger partial charge on any atom is 0.414 e. The van der Waals surface area contributed by atoms with Crippen LogP contribution in [-0.2, 0) is 28.5 Å². The van der Waals surface area contributed by atoms with Crippen molar-refractivity contribution in [2.75, 3.05) is 19.7 Å². The van der Waals surface area contributed by atoms with Gasteiger partial charge < -0.3 is 44.5 Å². The molecule has 6 N–H and O–H groups in total. The van der Waals surface area contributed by atoms with Gasteiger partial charge in [-0.1, -0.05) is 13.8 Å². The van der Waals surface area contributed by atoms with Crippen LogP contribution >= 0.6 is 0 Å². The van der Waals surface area contributed by atoms with Gasteiger partial charge in [-0.05, 0) is 60.5 Å². The number of aliphatic hydroxyl groups excluding tert-OH is 2. The van der Waals surface area contributed by atoms with Crippen molar-refractivity contribution in [2.45, 2.75) is 117 Å². The van der Waals surface area contributed by atoms with Gasteiger partial charge in [0.05, 0.1) is 18.7 Å². The summed E-state index contributed by atoms with van der Waals surface area (Å²) in [5, 5.41) is 37.6. The molecule has 0 aromatic heterocycles. The fraction of sp³-hybridized carbons (Fsp3) is 0.724. The number of hydrogen-bond donors (Lipinski definition) is 6. The Morgan fingerprint density at radius 1 is 0.978 bits per heavy atom. The van der Waals surface area contributed by atoms with Crippen LogP contribution in [0.25, 0.3) is 0 Å². The molecule has 46 heavy (non-hydrogen) atoms. The number of aliphatic hydroxyl groups is 2. The lowest BCUT2D eigenvalue weighted by atomic mass is 9.92. The number of aliphatic carboxylic acids is 1. The lowest BCUT2D eigenvalue weighted by molar-refractivity contribution is -0.146. The summed E-state index contributed by atoms with van der Waals surface area (Å²) in [5.74, 6) is -3.52. The number of aliphatic imine (C=N–C) groups is 1. The van der Waals surface area contributed by atoms with E-state index in [1.807, 2.05) is 13.8 Å². The molecule has 1 aliphatic rings. The van der Waals surface area contributed by atoms with Crippen molar-refractivity contribution in [1.82, 2.24) is 20.9 Å². The molecular formula is C29H49N5O12. The third-order valence-corrected chi connectivity index (χ3v) is 5.78. The molecule has 1 aliphatic heterocycles. The number of carboxylic acid groups (broad SMARTS) is 1. The van der Waals surface area contributed by atoms with Crippen LogP contribution < -0.4 is 16.0 Å². The number of carbonyl (C=O) groups excluding carboxylic acids is 4. The number of nitrogens with one attached hydrogen (secondary N) is 3. The standard InChI is InChI=1S/C29H49N5O12/c1-10-12-34(13-11-2)27(42)44-21(18(37)15-35)22-20(30-16(3)36)17(14-19(43-22)23(38)39)31-24(32-25(40)45-28(4,5)6)33-26(41)46-29(7,8)9/h14,17-18,20-22,35,37H,10-13,15H2,1-9H3,(H,30,36)(H,38,39)(H2,31,32,33,40,41)/t17-,18+,20+,21+,22+/m0/s1. The summed E-state index contributed by atoms with van der Waals surface area (Å²) in [6.45, 7) is 14.1. The average molecular weight is 660 g/mol. The van der Waals surface area contributed by atoms with Crippen molar-refractivity contribution in [3.8, 4) is 0 Å². The largest absolute Gasteiger partial charge is 0.477 e. The van der Waals surface area contributed by atoms with Crippen LogP contribution in [0.1, 0.15) is 75.2 Å². The zero-order chi connectivity index (χ0) is 35.4. The van der Waals surface area contributed by atoms with Crippen LogP contribution in [0, 0.1) is 0 Å². The van der Waals surface area contributed by atoms with Crippen LogP contribution in [0.3, 0.4) is 0 Å². The third-order valence-electron chi connectivity index (χ3n) is 5.78. The molecule has 0 saturated heterocycles. The highest BCUT2D eigenvalue weighted by molar-refractivity contribution is 6.01. The van der Waals surface area contributed by atoms with Crippen molar-refractivity contribution in [3.05, 3.63) is 11.8 Å². The minimum atomic E-state index is -1.80. The number of alkyl carbamates (subject to hydrolysis) is 2. The molecule has 5 atom stereocenters. The molecule has 1 heterocycles. The Kier molecular flexibility index (Phi) is 15.2. The smallest absolute Gasteiger partial charge is 0.414 e. The van der Waals surface area contributed by atoms with Crippen LogP contribution in [0.5, 0.6) is 0 Å². The van der Waals surface area contributed by atoms with Gasteiger partial charge in [-0.3, -0.25) is 15.4 Å². The normalized spacial score (nSPS) is 19.2. The Balaban J connectivity index is 3.78. The van der Waals surface area contributed by atoms with Crippen molar-refractivity contribution < 1.29 is 58.2 Å². The second kappa shape index (κ2) is 17.5. The van der Waals surface area contributed by atoms with Gasteiger partial charge in [-0.25, -0.2) is 24.2 Å². The highest BCUT2D eigenvalue weighted by Crippen LogP contribution is 2.27. The van der Waals surface area contributed by atoms with Crippen molar-refractivity contribution in [3.63, 3.8) is 0 Å². The second-order valence-electron chi connectivity index (χ2n) is 12.5. The van der Waals surface area contributed by atoms with Gasteiger partial charge >= 0.3 is 24.2 Å². The van der Waals surface area contributed by atoms with Crippen molar-refractivity contribution >= 4 is 36.1 Å². The number of guanidine groups is 1. The van der Waals surface area contributed by atoms with Gasteiger partial charge in [0.2, 0.25) is 17.6 Å². The number of nitrogens with zero attached hydrogens (tertiary/aromatic N) is 2. The van der Waals surface area contributed by atoms with E-state index in [9.17, 15) is 39.3 Å². The summed E-state index contributed by atoms with van der Waals surface area (Å²) in [6.07, 6.45) is -5.99. The lowest BCUT2D eigenvalue weighted by Crippen LogP contribution is -2.61. The van der Waals surface area contributed by atoms with E-state index in [1.54, 1.807) is 41.5 Å². The van der Waals surface area contributed by atoms with Gasteiger partial charge in [0.1, 0.15) is 17.3 Å². The molecule has 0 saturated carbocycles. The minimum absolute atomic E-state index is 0.304. The third kappa shape index (κ3) is 13.9. The fourth-order valence-corrected chi connectivity index (χ4v) is 4.16. The summed E-state index contributed by atoms with van der Waals surface area (Å²) in [6, 6.07) is -2.83. The monoisotopic (exact) mass is 659 g/mol. The maximum atomic E-state index is 13.2. The number of rotatable bonds is 11. The SMILES string of the molecule is CCCN(CCC)C(=O)O[C@@H]([C@@H]1OC(C(=O)O)=C[C@H](N=C(NC(=O)OC(C)(C)C)NC(=O)OC(C)(C)C)[C@H]1NC(C)=O)[C@H](O)CO. The molecule has 0 aromatic rings. The summed E-state index contributed by atoms with van der Waals surface area (Å²) < 4.78 is 21.7. The minimum Gasteiger partial charge on any atom is -0.477 e. The van der Waals surface area contributed by atoms with E-state index in [0.717, 1.165) is 13.0 Å². The molecule has 0 aromatic carbocycles. The molecule has 262 valence electrons. The zero-order valence-electron chi connectivity index (χ0n) is 27.9. The Bertz CT molecular complexity index is 1110. The molecular weight excluding hydrogens is 610 g/mol. The quantitative estimate of drug-likeness (QED) is 0.105. The first-order valence-electron chi connectivity index (χ1n) is 14.9. The van der Waals surface area contributed by atoms with Gasteiger partial charge in [0.25, 0.3) is 0 Å². The molecule has 4 amide bonds. The second-order valence-corrected chi connectivity index (χ2v) is 12.5. The summed E-state index contributed by atoms with van der Waals surface area (Å²) >= 11 is 0. The lowest BCUT2D eigenvalue weighted by Gasteiger charge is -2.40. The van der Waals surface area contributed by atoms with Gasteiger partial charge in [-0.2, -0.15) is 0 Å². The molecule has 17 heteroatoms. The molecule has 0 spiro atoms. The van der Waals surface area contributed by atoms with Gasteiger partial charge in [0.15, 0.2) is 12.2 Å². The highest BCUT2D eigenvalue weighted by Gasteiger charge is 2.47. The van der Waals surface area contributed by atoms with Crippen LogP contribution in [0.4, 0.5) is 14.4 Å². The number of ether oxygens (including phenoxy) is 4. The number of amides is 4. The van der Waals surface area contributed by atoms with E-state index in [4.69, 9.17) is 18.9 Å². The molecule has 0 bridgehead atoms. The van der Waals surface area contributed by atoms with E-state index >= 15 is 0 Å². The summed E-state index contributed by atoms with van der Waals surface area (Å²) in [7, 11) is 0. The van der Waals surface area contributed by atoms with E-state index in [1.165, 1.54) is 4.90 Å². The Labute approximate surface area is 268 Å². The predicted octanol–water partition coefficient (Wildman–Crippen LogP) is 1.61. The molecule has 0 aliphatic carbocycles. The zero-order valence-corrected chi connectivity index (χ0v) is 27.9. The van der Waals surface area contributed by atoms with Crippen molar-refractivity contribution in [2.24, 2.45) is 4.99 Å². The fourth-order valence-electron chi connectivity index (χ4n) is 4.16. The summed E-state index contributed by atoms with van der Waals surface area (Å²) in [5.41, 5.74) is -1.91. The molecule has 0 fully saturated rings. The van der Waals surface area contributed by atoms with Gasteiger partial charge in [0, 0.05) is 20.0 Å². The molecule has 1 rings (SSSR count). The van der Waals surface area contributed by atoms with Crippen LogP contribution in [0.15, 0.2) is 16.8 Å². The Morgan fingerprint density at radius 3 is 1.87 bits per heavy atom. The number of carbonyl (C=O) groups is 5. The average Bonchev–Trinajstić information content (AvgIpc) is 2.89. The maximum absolute atomic E-state index is 13.2. The van der Waals surface area contributed by atoms with E-state index in [0.29, 0.717) is 25.9 Å². The first kappa shape index (κ1) is 39.9. The van der Waals surface area contributed by atoms with E-state index in [2.05, 4.69) is 20.9 Å². The summed E-state index contributed by atoms with van der Waals surface area (Å²) in [4.78, 5) is 68.7. The first-order valence-corrected chi connectivity index (χ1v) is 14.9. The van der Waals surface area contributed by atoms with Gasteiger partial charge in [-0.15, -0.1) is 0 Å². The van der Waals surface area contributed by atoms with Crippen molar-refractivity contribution in [1.29, 1.82) is 0 Å². The number of hydrogen-bond acceptors (Lipinski definition) is 12. The van der Waals surface area contributed by atoms with Crippen LogP contribution in [-0.4, -0.2) is 118 Å². The molecule has 0 unspecified atom stereocenters. The van der Waals surface area contributed by atoms with Crippen LogP contribution in [0.2, 0.25) is 0 Å². The highest BCUT2D eigenvalue weighted by atomic mass is 16.6. The predicted molar refractivity (Wildman–Crippen MR) is 164 cm³/mol. The number of carboxylic acids is 1. The first-order chi connectivity index (χ1) is 21.2. The molecule has 0 radical (unpaired) electrons. The molecule has 17 nitrogen and oxygen atoms in total.